The number of rotatable bonds is 6. The summed E-state index contributed by atoms with van der Waals surface area (Å²) in [7, 11) is 0. The molecule has 0 saturated carbocycles. The van der Waals surface area contributed by atoms with Gasteiger partial charge in [-0.1, -0.05) is 28.9 Å². The third-order valence-corrected chi connectivity index (χ3v) is 6.37. The SMILES string of the molecule is CCOC(=O)c1c(NC(=O)[C@@H](C)Oc2cccc(Br)c2)sc2c1CC[C@@H](C)C2. The smallest absolute Gasteiger partial charge is 0.341 e. The van der Waals surface area contributed by atoms with Crippen molar-refractivity contribution in [2.24, 2.45) is 5.92 Å². The maximum atomic E-state index is 12.7. The summed E-state index contributed by atoms with van der Waals surface area (Å²) in [5.74, 6) is 0.507. The summed E-state index contributed by atoms with van der Waals surface area (Å²) in [6.07, 6.45) is 2.08. The van der Waals surface area contributed by atoms with E-state index in [0.29, 0.717) is 28.8 Å². The molecule has 3 rings (SSSR count). The molecule has 1 aliphatic carbocycles. The summed E-state index contributed by atoms with van der Waals surface area (Å²) in [4.78, 5) is 26.4. The fourth-order valence-corrected chi connectivity index (χ4v) is 5.05. The van der Waals surface area contributed by atoms with Crippen LogP contribution in [0.4, 0.5) is 5.00 Å². The van der Waals surface area contributed by atoms with Crippen LogP contribution in [0.15, 0.2) is 28.7 Å². The van der Waals surface area contributed by atoms with E-state index in [9.17, 15) is 9.59 Å². The molecule has 1 aromatic carbocycles. The molecule has 5 nitrogen and oxygen atoms in total. The first kappa shape index (κ1) is 20.9. The Morgan fingerprint density at radius 3 is 2.89 bits per heavy atom. The van der Waals surface area contributed by atoms with Crippen molar-refractivity contribution in [3.8, 4) is 5.75 Å². The molecule has 0 fully saturated rings. The number of esters is 1. The molecule has 0 bridgehead atoms. The second-order valence-corrected chi connectivity index (χ2v) is 9.00. The number of hydrogen-bond donors (Lipinski definition) is 1. The number of anilines is 1. The van der Waals surface area contributed by atoms with Crippen LogP contribution in [-0.4, -0.2) is 24.6 Å². The molecule has 28 heavy (non-hydrogen) atoms. The van der Waals surface area contributed by atoms with Crippen LogP contribution in [0.2, 0.25) is 0 Å². The van der Waals surface area contributed by atoms with E-state index in [2.05, 4.69) is 28.2 Å². The van der Waals surface area contributed by atoms with Crippen LogP contribution >= 0.6 is 27.3 Å². The predicted octanol–water partition coefficient (Wildman–Crippen LogP) is 5.22. The number of carbonyl (C=O) groups excluding carboxylic acids is 2. The lowest BCUT2D eigenvalue weighted by atomic mass is 9.88. The number of carbonyl (C=O) groups is 2. The van der Waals surface area contributed by atoms with Crippen LogP contribution in [0.5, 0.6) is 5.75 Å². The Labute approximate surface area is 177 Å². The summed E-state index contributed by atoms with van der Waals surface area (Å²) >= 11 is 4.87. The Hall–Kier alpha value is -1.86. The quantitative estimate of drug-likeness (QED) is 0.593. The number of hydrogen-bond acceptors (Lipinski definition) is 5. The number of nitrogens with one attached hydrogen (secondary N) is 1. The van der Waals surface area contributed by atoms with E-state index in [4.69, 9.17) is 9.47 Å². The third-order valence-electron chi connectivity index (χ3n) is 4.71. The highest BCUT2D eigenvalue weighted by atomic mass is 79.9. The second kappa shape index (κ2) is 9.09. The van der Waals surface area contributed by atoms with Gasteiger partial charge in [0.05, 0.1) is 12.2 Å². The molecule has 0 radical (unpaired) electrons. The van der Waals surface area contributed by atoms with Crippen LogP contribution < -0.4 is 10.1 Å². The molecule has 1 N–H and O–H groups in total. The van der Waals surface area contributed by atoms with E-state index < -0.39 is 6.10 Å². The normalized spacial score (nSPS) is 16.8. The molecule has 0 spiro atoms. The highest BCUT2D eigenvalue weighted by Gasteiger charge is 2.30. The summed E-state index contributed by atoms with van der Waals surface area (Å²) in [5, 5.41) is 3.46. The number of fused-ring (bicyclic) bond motifs is 1. The van der Waals surface area contributed by atoms with Crippen molar-refractivity contribution in [3.05, 3.63) is 44.7 Å². The predicted molar refractivity (Wildman–Crippen MR) is 114 cm³/mol. The molecule has 2 atom stereocenters. The maximum absolute atomic E-state index is 12.7. The summed E-state index contributed by atoms with van der Waals surface area (Å²) in [6, 6.07) is 7.33. The minimum Gasteiger partial charge on any atom is -0.481 e. The van der Waals surface area contributed by atoms with Crippen LogP contribution in [0.3, 0.4) is 0 Å². The summed E-state index contributed by atoms with van der Waals surface area (Å²) < 4.78 is 11.9. The largest absolute Gasteiger partial charge is 0.481 e. The van der Waals surface area contributed by atoms with Gasteiger partial charge in [-0.3, -0.25) is 4.79 Å². The Morgan fingerprint density at radius 2 is 2.18 bits per heavy atom. The number of benzene rings is 1. The van der Waals surface area contributed by atoms with E-state index in [0.717, 1.165) is 34.2 Å². The van der Waals surface area contributed by atoms with Crippen LogP contribution in [0.1, 0.15) is 48.0 Å². The average Bonchev–Trinajstić information content (AvgIpc) is 2.98. The molecule has 0 aliphatic heterocycles. The van der Waals surface area contributed by atoms with Crippen molar-refractivity contribution in [1.29, 1.82) is 0 Å². The van der Waals surface area contributed by atoms with Crippen molar-refractivity contribution in [2.45, 2.75) is 46.1 Å². The molecule has 2 aromatic rings. The first-order valence-corrected chi connectivity index (χ1v) is 11.0. The molecule has 7 heteroatoms. The Bertz CT molecular complexity index is 879. The van der Waals surface area contributed by atoms with Gasteiger partial charge in [0.25, 0.3) is 5.91 Å². The van der Waals surface area contributed by atoms with Gasteiger partial charge >= 0.3 is 5.97 Å². The molecule has 1 amide bonds. The standard InChI is InChI=1S/C21H24BrNO4S/c1-4-26-21(25)18-16-9-8-12(2)10-17(16)28-20(18)23-19(24)13(3)27-15-7-5-6-14(22)11-15/h5-7,11-13H,4,8-10H2,1-3H3,(H,23,24)/t12-,13-/m1/s1. The van der Waals surface area contributed by atoms with E-state index in [1.165, 1.54) is 11.3 Å². The van der Waals surface area contributed by atoms with E-state index in [-0.39, 0.29) is 11.9 Å². The van der Waals surface area contributed by atoms with Crippen molar-refractivity contribution < 1.29 is 19.1 Å². The summed E-state index contributed by atoms with van der Waals surface area (Å²) in [6.45, 7) is 5.98. The second-order valence-electron chi connectivity index (χ2n) is 6.98. The molecular weight excluding hydrogens is 442 g/mol. The van der Waals surface area contributed by atoms with Gasteiger partial charge in [0.2, 0.25) is 0 Å². The number of thiophene rings is 1. The number of halogens is 1. The zero-order valence-corrected chi connectivity index (χ0v) is 18.6. The zero-order valence-electron chi connectivity index (χ0n) is 16.2. The molecule has 1 aromatic heterocycles. The van der Waals surface area contributed by atoms with Crippen molar-refractivity contribution in [3.63, 3.8) is 0 Å². The number of ether oxygens (including phenoxy) is 2. The van der Waals surface area contributed by atoms with E-state index in [1.54, 1.807) is 26.0 Å². The average molecular weight is 466 g/mol. The van der Waals surface area contributed by atoms with Gasteiger partial charge < -0.3 is 14.8 Å². The van der Waals surface area contributed by atoms with Gasteiger partial charge in [-0.25, -0.2) is 4.79 Å². The van der Waals surface area contributed by atoms with Crippen molar-refractivity contribution >= 4 is 44.1 Å². The monoisotopic (exact) mass is 465 g/mol. The molecule has 150 valence electrons. The van der Waals surface area contributed by atoms with Gasteiger partial charge in [0.1, 0.15) is 10.8 Å². The van der Waals surface area contributed by atoms with E-state index in [1.807, 2.05) is 12.1 Å². The van der Waals surface area contributed by atoms with Gasteiger partial charge in [-0.05, 0) is 62.8 Å². The maximum Gasteiger partial charge on any atom is 0.341 e. The lowest BCUT2D eigenvalue weighted by Gasteiger charge is -2.18. The Kier molecular flexibility index (Phi) is 6.78. The fraction of sp³-hybridized carbons (Fsp3) is 0.429. The van der Waals surface area contributed by atoms with Crippen LogP contribution in [-0.2, 0) is 22.4 Å². The minimum atomic E-state index is -0.706. The van der Waals surface area contributed by atoms with Crippen molar-refractivity contribution in [2.75, 3.05) is 11.9 Å². The first-order valence-electron chi connectivity index (χ1n) is 9.43. The molecule has 1 heterocycles. The number of amides is 1. The highest BCUT2D eigenvalue weighted by molar-refractivity contribution is 9.10. The third kappa shape index (κ3) is 4.75. The first-order chi connectivity index (χ1) is 13.4. The molecule has 0 unspecified atom stereocenters. The van der Waals surface area contributed by atoms with Gasteiger partial charge in [-0.2, -0.15) is 0 Å². The molecule has 1 aliphatic rings. The topological polar surface area (TPSA) is 64.6 Å². The zero-order chi connectivity index (χ0) is 20.3. The molecule has 0 saturated heterocycles. The Balaban J connectivity index is 1.80. The lowest BCUT2D eigenvalue weighted by Crippen LogP contribution is -2.30. The highest BCUT2D eigenvalue weighted by Crippen LogP contribution is 2.40. The van der Waals surface area contributed by atoms with Gasteiger partial charge in [0, 0.05) is 9.35 Å². The van der Waals surface area contributed by atoms with Gasteiger partial charge in [0.15, 0.2) is 6.10 Å². The Morgan fingerprint density at radius 1 is 1.39 bits per heavy atom. The van der Waals surface area contributed by atoms with Gasteiger partial charge in [-0.15, -0.1) is 11.3 Å². The van der Waals surface area contributed by atoms with Crippen LogP contribution in [0, 0.1) is 5.92 Å². The minimum absolute atomic E-state index is 0.294. The van der Waals surface area contributed by atoms with Crippen molar-refractivity contribution in [1.82, 2.24) is 0 Å². The van der Waals surface area contributed by atoms with E-state index >= 15 is 0 Å². The molecular formula is C21H24BrNO4S. The lowest BCUT2D eigenvalue weighted by molar-refractivity contribution is -0.122. The summed E-state index contributed by atoms with van der Waals surface area (Å²) in [5.41, 5.74) is 1.54. The van der Waals surface area contributed by atoms with Crippen LogP contribution in [0.25, 0.3) is 0 Å². The fourth-order valence-electron chi connectivity index (χ4n) is 3.27.